The molecule has 1 aromatic heterocycles. The molecule has 0 aliphatic carbocycles. The van der Waals surface area contributed by atoms with Crippen molar-refractivity contribution in [2.24, 2.45) is 5.92 Å². The summed E-state index contributed by atoms with van der Waals surface area (Å²) < 4.78 is 27.1. The summed E-state index contributed by atoms with van der Waals surface area (Å²) in [6.07, 6.45) is 3.13. The quantitative estimate of drug-likeness (QED) is 0.865. The van der Waals surface area contributed by atoms with Crippen molar-refractivity contribution in [1.29, 1.82) is 0 Å². The first-order valence-electron chi connectivity index (χ1n) is 8.46. The Morgan fingerprint density at radius 2 is 2.00 bits per heavy atom. The van der Waals surface area contributed by atoms with Gasteiger partial charge in [0.1, 0.15) is 0 Å². The number of hydrogen-bond donors (Lipinski definition) is 1. The van der Waals surface area contributed by atoms with Crippen molar-refractivity contribution in [2.75, 3.05) is 4.90 Å². The summed E-state index contributed by atoms with van der Waals surface area (Å²) in [6.45, 7) is 3.69. The van der Waals surface area contributed by atoms with Gasteiger partial charge in [-0.15, -0.1) is 0 Å². The van der Waals surface area contributed by atoms with Crippen LogP contribution in [0.5, 0.6) is 0 Å². The molecular formula is C20H18F2N2O3. The molecule has 0 saturated carbocycles. The predicted octanol–water partition coefficient (Wildman–Crippen LogP) is 3.88. The Morgan fingerprint density at radius 3 is 2.59 bits per heavy atom. The molecule has 5 nitrogen and oxygen atoms in total. The first-order valence-corrected chi connectivity index (χ1v) is 8.46. The summed E-state index contributed by atoms with van der Waals surface area (Å²) in [6, 6.07) is 5.29. The number of anilines is 1. The zero-order chi connectivity index (χ0) is 19.7. The second-order valence-electron chi connectivity index (χ2n) is 6.75. The molecular weight excluding hydrogens is 354 g/mol. The van der Waals surface area contributed by atoms with Gasteiger partial charge in [0.2, 0.25) is 0 Å². The van der Waals surface area contributed by atoms with Crippen LogP contribution in [-0.4, -0.2) is 21.8 Å². The maximum atomic E-state index is 13.7. The number of nitrogens with zero attached hydrogens (tertiary/aromatic N) is 2. The van der Waals surface area contributed by atoms with E-state index in [0.29, 0.717) is 5.56 Å². The topological polar surface area (TPSA) is 70.5 Å². The Balaban J connectivity index is 2.14. The lowest BCUT2D eigenvalue weighted by atomic mass is 9.93. The van der Waals surface area contributed by atoms with E-state index in [0.717, 1.165) is 17.0 Å². The highest BCUT2D eigenvalue weighted by molar-refractivity contribution is 6.16. The molecule has 1 unspecified atom stereocenters. The smallest absolute Gasteiger partial charge is 0.294 e. The third-order valence-electron chi connectivity index (χ3n) is 4.28. The van der Waals surface area contributed by atoms with E-state index in [1.165, 1.54) is 18.5 Å². The largest absolute Gasteiger partial charge is 0.503 e. The number of Topliss-reactive ketones (excluding diaryl/α,β-unsaturated/α-hetero) is 1. The van der Waals surface area contributed by atoms with E-state index in [9.17, 15) is 23.5 Å². The summed E-state index contributed by atoms with van der Waals surface area (Å²) in [5.41, 5.74) is 0.449. The van der Waals surface area contributed by atoms with Crippen molar-refractivity contribution in [3.63, 3.8) is 0 Å². The number of rotatable bonds is 5. The van der Waals surface area contributed by atoms with Crippen molar-refractivity contribution in [2.45, 2.75) is 26.3 Å². The van der Waals surface area contributed by atoms with Crippen LogP contribution in [-0.2, 0) is 9.59 Å². The van der Waals surface area contributed by atoms with E-state index in [4.69, 9.17) is 0 Å². The van der Waals surface area contributed by atoms with Gasteiger partial charge in [-0.3, -0.25) is 19.5 Å². The lowest BCUT2D eigenvalue weighted by molar-refractivity contribution is -0.118. The number of aliphatic hydroxyl groups excluding tert-OH is 1. The zero-order valence-electron chi connectivity index (χ0n) is 14.8. The average molecular weight is 372 g/mol. The SMILES string of the molecule is CC(C)CC(=O)C1=C(O)C(=O)N(c2ccc(F)c(F)c2)C1c1cccnc1. The number of ketones is 1. The van der Waals surface area contributed by atoms with Crippen molar-refractivity contribution in [3.05, 3.63) is 71.3 Å². The normalized spacial score (nSPS) is 17.1. The fraction of sp³-hybridized carbons (Fsp3) is 0.250. The van der Waals surface area contributed by atoms with Gasteiger partial charge in [-0.2, -0.15) is 0 Å². The molecule has 1 aliphatic heterocycles. The molecule has 1 aromatic carbocycles. The van der Waals surface area contributed by atoms with Crippen molar-refractivity contribution in [3.8, 4) is 0 Å². The van der Waals surface area contributed by atoms with E-state index in [1.807, 2.05) is 13.8 Å². The molecule has 2 aromatic rings. The molecule has 0 saturated heterocycles. The van der Waals surface area contributed by atoms with Crippen LogP contribution in [0.3, 0.4) is 0 Å². The molecule has 1 amide bonds. The van der Waals surface area contributed by atoms with E-state index >= 15 is 0 Å². The van der Waals surface area contributed by atoms with E-state index in [-0.39, 0.29) is 29.4 Å². The highest BCUT2D eigenvalue weighted by atomic mass is 19.2. The lowest BCUT2D eigenvalue weighted by Gasteiger charge is -2.27. The minimum absolute atomic E-state index is 0.0137. The zero-order valence-corrected chi connectivity index (χ0v) is 14.8. The van der Waals surface area contributed by atoms with Gasteiger partial charge in [-0.05, 0) is 29.7 Å². The fourth-order valence-corrected chi connectivity index (χ4v) is 3.13. The molecule has 0 bridgehead atoms. The number of carbonyl (C=O) groups excluding carboxylic acids is 2. The lowest BCUT2D eigenvalue weighted by Crippen LogP contribution is -2.31. The number of pyridine rings is 1. The molecule has 7 heteroatoms. The van der Waals surface area contributed by atoms with Crippen LogP contribution < -0.4 is 4.90 Å². The molecule has 1 atom stereocenters. The first kappa shape index (κ1) is 18.7. The molecule has 2 heterocycles. The number of aromatic nitrogens is 1. The van der Waals surface area contributed by atoms with Crippen LogP contribution >= 0.6 is 0 Å². The first-order chi connectivity index (χ1) is 12.8. The van der Waals surface area contributed by atoms with E-state index < -0.39 is 29.3 Å². The minimum atomic E-state index is -1.13. The second kappa shape index (κ2) is 7.26. The number of carbonyl (C=O) groups is 2. The highest BCUT2D eigenvalue weighted by Gasteiger charge is 2.44. The highest BCUT2D eigenvalue weighted by Crippen LogP contribution is 2.41. The van der Waals surface area contributed by atoms with Gasteiger partial charge in [0.05, 0.1) is 11.6 Å². The van der Waals surface area contributed by atoms with Gasteiger partial charge in [-0.1, -0.05) is 19.9 Å². The van der Waals surface area contributed by atoms with Gasteiger partial charge in [-0.25, -0.2) is 8.78 Å². The second-order valence-corrected chi connectivity index (χ2v) is 6.75. The molecule has 27 heavy (non-hydrogen) atoms. The standard InChI is InChI=1S/C20H18F2N2O3/c1-11(2)8-16(25)17-18(12-4-3-7-23-10-12)24(20(27)19(17)26)13-5-6-14(21)15(22)9-13/h3-7,9-11,18,26H,8H2,1-2H3. The Kier molecular flexibility index (Phi) is 5.03. The summed E-state index contributed by atoms with van der Waals surface area (Å²) in [5, 5.41) is 10.4. The van der Waals surface area contributed by atoms with Crippen LogP contribution in [0.4, 0.5) is 14.5 Å². The van der Waals surface area contributed by atoms with Gasteiger partial charge in [0, 0.05) is 30.6 Å². The van der Waals surface area contributed by atoms with Crippen molar-refractivity contribution in [1.82, 2.24) is 4.98 Å². The van der Waals surface area contributed by atoms with E-state index in [1.54, 1.807) is 12.1 Å². The molecule has 0 spiro atoms. The molecule has 1 aliphatic rings. The number of benzene rings is 1. The Hall–Kier alpha value is -3.09. The minimum Gasteiger partial charge on any atom is -0.503 e. The predicted molar refractivity (Wildman–Crippen MR) is 94.9 cm³/mol. The summed E-state index contributed by atoms with van der Waals surface area (Å²) in [7, 11) is 0. The summed E-state index contributed by atoms with van der Waals surface area (Å²) in [4.78, 5) is 30.5. The van der Waals surface area contributed by atoms with E-state index in [2.05, 4.69) is 4.98 Å². The number of halogens is 2. The molecule has 0 fully saturated rings. The van der Waals surface area contributed by atoms with Crippen LogP contribution in [0.25, 0.3) is 0 Å². The molecule has 140 valence electrons. The molecule has 1 N–H and O–H groups in total. The van der Waals surface area contributed by atoms with Crippen LogP contribution in [0.2, 0.25) is 0 Å². The maximum Gasteiger partial charge on any atom is 0.294 e. The van der Waals surface area contributed by atoms with Crippen molar-refractivity contribution < 1.29 is 23.5 Å². The molecule has 0 radical (unpaired) electrons. The number of hydrogen-bond acceptors (Lipinski definition) is 4. The monoisotopic (exact) mass is 372 g/mol. The third kappa shape index (κ3) is 3.45. The molecule has 3 rings (SSSR count). The van der Waals surface area contributed by atoms with Crippen LogP contribution in [0.1, 0.15) is 31.9 Å². The van der Waals surface area contributed by atoms with Gasteiger partial charge in [0.15, 0.2) is 23.2 Å². The Morgan fingerprint density at radius 1 is 1.26 bits per heavy atom. The van der Waals surface area contributed by atoms with Gasteiger partial charge in [0.25, 0.3) is 5.91 Å². The van der Waals surface area contributed by atoms with Crippen LogP contribution in [0.15, 0.2) is 54.1 Å². The van der Waals surface area contributed by atoms with Crippen molar-refractivity contribution >= 4 is 17.4 Å². The fourth-order valence-electron chi connectivity index (χ4n) is 3.13. The Labute approximate surface area is 155 Å². The van der Waals surface area contributed by atoms with Gasteiger partial charge < -0.3 is 5.11 Å². The maximum absolute atomic E-state index is 13.7. The Bertz CT molecular complexity index is 926. The van der Waals surface area contributed by atoms with Crippen LogP contribution in [0, 0.1) is 17.6 Å². The third-order valence-corrected chi connectivity index (χ3v) is 4.28. The average Bonchev–Trinajstić information content (AvgIpc) is 2.89. The number of aliphatic hydroxyl groups is 1. The van der Waals surface area contributed by atoms with Gasteiger partial charge >= 0.3 is 0 Å². The summed E-state index contributed by atoms with van der Waals surface area (Å²) in [5.74, 6) is -4.08. The summed E-state index contributed by atoms with van der Waals surface area (Å²) >= 11 is 0. The number of amides is 1.